The molecule has 0 N–H and O–H groups in total. The van der Waals surface area contributed by atoms with Crippen molar-refractivity contribution in [2.45, 2.75) is 6.42 Å². The Hall–Kier alpha value is -3.91. The molecule has 0 heterocycles. The van der Waals surface area contributed by atoms with Crippen LogP contribution in [0.4, 0.5) is 0 Å². The van der Waals surface area contributed by atoms with E-state index in [9.17, 15) is 4.79 Å². The van der Waals surface area contributed by atoms with E-state index in [1.54, 1.807) is 12.1 Å². The highest BCUT2D eigenvalue weighted by atomic mass is 16.5. The van der Waals surface area contributed by atoms with E-state index in [0.717, 1.165) is 10.9 Å². The monoisotopic (exact) mass is 386 g/mol. The van der Waals surface area contributed by atoms with Crippen molar-refractivity contribution in [2.24, 2.45) is 0 Å². The van der Waals surface area contributed by atoms with Gasteiger partial charge in [-0.2, -0.15) is 0 Å². The van der Waals surface area contributed by atoms with Gasteiger partial charge in [-0.15, -0.1) is 0 Å². The first-order chi connectivity index (χ1) is 14.8. The first kappa shape index (κ1) is 17.0. The van der Waals surface area contributed by atoms with Crippen molar-refractivity contribution in [1.29, 1.82) is 0 Å². The average Bonchev–Trinajstić information content (AvgIpc) is 2.79. The molecular weight excluding hydrogens is 368 g/mol. The molecule has 0 aliphatic rings. The van der Waals surface area contributed by atoms with E-state index in [2.05, 4.69) is 66.7 Å². The van der Waals surface area contributed by atoms with Crippen LogP contribution in [0.5, 0.6) is 5.75 Å². The number of esters is 1. The van der Waals surface area contributed by atoms with Gasteiger partial charge in [-0.1, -0.05) is 84.9 Å². The quantitative estimate of drug-likeness (QED) is 0.143. The largest absolute Gasteiger partial charge is 0.426 e. The molecule has 0 fully saturated rings. The molecule has 0 aliphatic heterocycles. The van der Waals surface area contributed by atoms with Gasteiger partial charge < -0.3 is 4.74 Å². The van der Waals surface area contributed by atoms with Crippen LogP contribution < -0.4 is 4.74 Å². The maximum Gasteiger partial charge on any atom is 0.315 e. The van der Waals surface area contributed by atoms with Crippen LogP contribution in [-0.2, 0) is 11.2 Å². The molecule has 2 heteroatoms. The summed E-state index contributed by atoms with van der Waals surface area (Å²) in [5.41, 5.74) is 0.989. The molecule has 0 atom stereocenters. The maximum absolute atomic E-state index is 12.6. The molecule has 0 radical (unpaired) electrons. The molecular formula is C28H18O2. The second-order valence-electron chi connectivity index (χ2n) is 7.67. The Labute approximate surface area is 173 Å². The van der Waals surface area contributed by atoms with Crippen LogP contribution >= 0.6 is 0 Å². The van der Waals surface area contributed by atoms with Crippen molar-refractivity contribution in [3.05, 3.63) is 103 Å². The Morgan fingerprint density at radius 3 is 1.90 bits per heavy atom. The van der Waals surface area contributed by atoms with Gasteiger partial charge >= 0.3 is 5.97 Å². The number of ether oxygens (including phenoxy) is 1. The lowest BCUT2D eigenvalue weighted by Crippen LogP contribution is -2.11. The minimum atomic E-state index is -0.250. The number of para-hydroxylation sites is 1. The van der Waals surface area contributed by atoms with E-state index in [1.165, 1.54) is 37.7 Å². The number of hydrogen-bond donors (Lipinski definition) is 0. The van der Waals surface area contributed by atoms with Gasteiger partial charge in [0.15, 0.2) is 0 Å². The highest BCUT2D eigenvalue weighted by Gasteiger charge is 2.16. The van der Waals surface area contributed by atoms with Gasteiger partial charge in [0.1, 0.15) is 5.75 Å². The molecule has 0 unspecified atom stereocenters. The van der Waals surface area contributed by atoms with Crippen LogP contribution in [0.1, 0.15) is 5.56 Å². The predicted molar refractivity (Wildman–Crippen MR) is 123 cm³/mol. The van der Waals surface area contributed by atoms with Crippen LogP contribution in [0, 0.1) is 0 Å². The molecule has 0 amide bonds. The number of benzene rings is 6. The number of hydrogen-bond acceptors (Lipinski definition) is 2. The molecule has 0 spiro atoms. The zero-order valence-electron chi connectivity index (χ0n) is 16.3. The fourth-order valence-corrected chi connectivity index (χ4v) is 4.67. The SMILES string of the molecule is O=C(Cc1ccc2c3cccc4cccc(c5cccc1c52)c43)Oc1ccccc1. The van der Waals surface area contributed by atoms with Crippen molar-refractivity contribution >= 4 is 49.1 Å². The number of carbonyl (C=O) groups is 1. The fraction of sp³-hybridized carbons (Fsp3) is 0.0357. The van der Waals surface area contributed by atoms with Crippen LogP contribution in [0.25, 0.3) is 43.1 Å². The van der Waals surface area contributed by atoms with Gasteiger partial charge in [-0.3, -0.25) is 4.79 Å². The van der Waals surface area contributed by atoms with Crippen molar-refractivity contribution in [3.63, 3.8) is 0 Å². The minimum absolute atomic E-state index is 0.237. The second-order valence-corrected chi connectivity index (χ2v) is 7.67. The summed E-state index contributed by atoms with van der Waals surface area (Å²) in [7, 11) is 0. The Morgan fingerprint density at radius 1 is 0.567 bits per heavy atom. The smallest absolute Gasteiger partial charge is 0.315 e. The Bertz CT molecular complexity index is 1500. The van der Waals surface area contributed by atoms with Gasteiger partial charge in [0, 0.05) is 0 Å². The van der Waals surface area contributed by atoms with Gasteiger partial charge in [0.25, 0.3) is 0 Å². The molecule has 0 aliphatic carbocycles. The van der Waals surface area contributed by atoms with Crippen LogP contribution in [-0.4, -0.2) is 5.97 Å². The highest BCUT2D eigenvalue weighted by molar-refractivity contribution is 6.33. The van der Waals surface area contributed by atoms with Crippen LogP contribution in [0.15, 0.2) is 97.1 Å². The Balaban J connectivity index is 1.56. The molecule has 0 aromatic heterocycles. The number of fused-ring (bicyclic) bond motifs is 2. The van der Waals surface area contributed by atoms with E-state index >= 15 is 0 Å². The molecule has 6 aromatic carbocycles. The third kappa shape index (κ3) is 2.54. The van der Waals surface area contributed by atoms with Gasteiger partial charge in [-0.25, -0.2) is 0 Å². The standard InChI is InChI=1S/C28H18O2/c29-26(30-20-9-2-1-3-10-20)17-19-15-16-25-23-13-5-8-18-7-4-12-22(27(18)23)24-14-6-11-21(19)28(24)25/h1-16H,17H2. The van der Waals surface area contributed by atoms with E-state index < -0.39 is 0 Å². The molecule has 6 rings (SSSR count). The molecule has 0 saturated heterocycles. The maximum atomic E-state index is 12.6. The molecule has 2 nitrogen and oxygen atoms in total. The predicted octanol–water partition coefficient (Wildman–Crippen LogP) is 6.89. The highest BCUT2D eigenvalue weighted by Crippen LogP contribution is 2.40. The van der Waals surface area contributed by atoms with E-state index in [0.29, 0.717) is 5.75 Å². The number of carbonyl (C=O) groups excluding carboxylic acids is 1. The summed E-state index contributed by atoms with van der Waals surface area (Å²) in [6.07, 6.45) is 0.237. The first-order valence-corrected chi connectivity index (χ1v) is 10.1. The minimum Gasteiger partial charge on any atom is -0.426 e. The summed E-state index contributed by atoms with van der Waals surface area (Å²) in [6, 6.07) is 32.8. The van der Waals surface area contributed by atoms with E-state index in [1.807, 2.05) is 18.2 Å². The van der Waals surface area contributed by atoms with E-state index in [-0.39, 0.29) is 12.4 Å². The third-order valence-corrected chi connectivity index (χ3v) is 5.93. The lowest BCUT2D eigenvalue weighted by molar-refractivity contribution is -0.133. The van der Waals surface area contributed by atoms with Crippen LogP contribution in [0.3, 0.4) is 0 Å². The van der Waals surface area contributed by atoms with Crippen molar-refractivity contribution in [2.75, 3.05) is 0 Å². The summed E-state index contributed by atoms with van der Waals surface area (Å²) in [6.45, 7) is 0. The summed E-state index contributed by atoms with van der Waals surface area (Å²) in [5, 5.41) is 9.85. The lowest BCUT2D eigenvalue weighted by Gasteiger charge is -2.16. The Kier molecular flexibility index (Phi) is 3.72. The van der Waals surface area contributed by atoms with Crippen LogP contribution in [0.2, 0.25) is 0 Å². The summed E-state index contributed by atoms with van der Waals surface area (Å²) in [4.78, 5) is 12.6. The Morgan fingerprint density at radius 2 is 1.17 bits per heavy atom. The topological polar surface area (TPSA) is 26.3 Å². The van der Waals surface area contributed by atoms with E-state index in [4.69, 9.17) is 4.74 Å². The molecule has 142 valence electrons. The van der Waals surface area contributed by atoms with Crippen molar-refractivity contribution < 1.29 is 9.53 Å². The molecule has 30 heavy (non-hydrogen) atoms. The summed E-state index contributed by atoms with van der Waals surface area (Å²) >= 11 is 0. The van der Waals surface area contributed by atoms with Crippen molar-refractivity contribution in [1.82, 2.24) is 0 Å². The third-order valence-electron chi connectivity index (χ3n) is 5.93. The molecule has 6 aromatic rings. The zero-order chi connectivity index (χ0) is 20.1. The second kappa shape index (κ2) is 6.57. The fourth-order valence-electron chi connectivity index (χ4n) is 4.67. The first-order valence-electron chi connectivity index (χ1n) is 10.1. The average molecular weight is 386 g/mol. The molecule has 0 saturated carbocycles. The zero-order valence-corrected chi connectivity index (χ0v) is 16.3. The van der Waals surface area contributed by atoms with Gasteiger partial charge in [0.2, 0.25) is 0 Å². The molecule has 0 bridgehead atoms. The normalized spacial score (nSPS) is 11.6. The van der Waals surface area contributed by atoms with Gasteiger partial charge in [-0.05, 0) is 60.8 Å². The van der Waals surface area contributed by atoms with Gasteiger partial charge in [0.05, 0.1) is 6.42 Å². The summed E-state index contributed by atoms with van der Waals surface area (Å²) in [5.74, 6) is 0.325. The van der Waals surface area contributed by atoms with Crippen molar-refractivity contribution in [3.8, 4) is 5.75 Å². The summed E-state index contributed by atoms with van der Waals surface area (Å²) < 4.78 is 5.53. The lowest BCUT2D eigenvalue weighted by atomic mass is 9.88. The number of rotatable bonds is 3.